The lowest BCUT2D eigenvalue weighted by atomic mass is 10.1. The molecule has 21 heavy (non-hydrogen) atoms. The Morgan fingerprint density at radius 1 is 1.57 bits per heavy atom. The first kappa shape index (κ1) is 15.3. The lowest BCUT2D eigenvalue weighted by Crippen LogP contribution is -2.40. The van der Waals surface area contributed by atoms with E-state index >= 15 is 0 Å². The number of nitrogen functional groups attached to an aromatic ring is 1. The number of aliphatic hydroxyl groups is 1. The van der Waals surface area contributed by atoms with Crippen molar-refractivity contribution in [2.75, 3.05) is 12.3 Å². The van der Waals surface area contributed by atoms with Crippen molar-refractivity contribution in [2.45, 2.75) is 24.4 Å². The number of carbonyl (C=O) groups excluding carboxylic acids is 1. The zero-order chi connectivity index (χ0) is 15.9. The van der Waals surface area contributed by atoms with Crippen molar-refractivity contribution in [1.29, 1.82) is 0 Å². The molecule has 0 aliphatic carbocycles. The second kappa shape index (κ2) is 5.00. The summed E-state index contributed by atoms with van der Waals surface area (Å²) in [7, 11) is 0. The van der Waals surface area contributed by atoms with Crippen molar-refractivity contribution < 1.29 is 27.8 Å². The highest BCUT2D eigenvalue weighted by Gasteiger charge is 2.60. The molecule has 1 aromatic rings. The second-order valence-electron chi connectivity index (χ2n) is 4.38. The maximum absolute atomic E-state index is 13.8. The third kappa shape index (κ3) is 2.34. The van der Waals surface area contributed by atoms with Crippen LogP contribution in [-0.2, 0) is 4.74 Å². The van der Waals surface area contributed by atoms with Crippen molar-refractivity contribution >= 4 is 11.7 Å². The molecule has 0 radical (unpaired) electrons. The number of aliphatic hydroxyl groups excluding tert-OH is 1. The Morgan fingerprint density at radius 2 is 2.19 bits per heavy atom. The summed E-state index contributed by atoms with van der Waals surface area (Å²) in [5.41, 5.74) is 8.48. The average molecular weight is 308 g/mol. The minimum absolute atomic E-state index is 0.221. The van der Waals surface area contributed by atoms with Crippen LogP contribution in [0.1, 0.15) is 16.6 Å². The first-order chi connectivity index (χ1) is 9.70. The lowest BCUT2D eigenvalue weighted by Gasteiger charge is -2.20. The fourth-order valence-corrected chi connectivity index (χ4v) is 1.94. The Morgan fingerprint density at radius 3 is 2.67 bits per heavy atom. The molecule has 1 aliphatic rings. The maximum Gasteiger partial charge on any atom is 0.351 e. The predicted molar refractivity (Wildman–Crippen MR) is 62.3 cm³/mol. The van der Waals surface area contributed by atoms with E-state index in [1.165, 1.54) is 0 Å². The number of nitrogens with two attached hydrogens (primary N) is 2. The van der Waals surface area contributed by atoms with Crippen LogP contribution in [0.15, 0.2) is 11.0 Å². The number of anilines is 1. The third-order valence-corrected chi connectivity index (χ3v) is 3.01. The van der Waals surface area contributed by atoms with Gasteiger partial charge in [-0.05, 0) is 0 Å². The molecule has 11 heteroatoms. The average Bonchev–Trinajstić information content (AvgIpc) is 2.61. The summed E-state index contributed by atoms with van der Waals surface area (Å²) in [5.74, 6) is -5.75. The van der Waals surface area contributed by atoms with Gasteiger partial charge in [-0.25, -0.2) is 9.18 Å². The Bertz CT molecular complexity index is 635. The topological polar surface area (TPSA) is 133 Å². The number of rotatable bonds is 3. The molecular weight excluding hydrogens is 297 g/mol. The zero-order valence-corrected chi connectivity index (χ0v) is 10.4. The molecule has 1 saturated heterocycles. The van der Waals surface area contributed by atoms with Gasteiger partial charge in [0.2, 0.25) is 6.23 Å². The van der Waals surface area contributed by atoms with Crippen LogP contribution >= 0.6 is 0 Å². The minimum atomic E-state index is -4.11. The highest BCUT2D eigenvalue weighted by Crippen LogP contribution is 2.43. The normalized spacial score (nSPS) is 27.7. The minimum Gasteiger partial charge on any atom is -0.394 e. The molecule has 1 aliphatic heterocycles. The number of carbonyl (C=O) groups is 1. The van der Waals surface area contributed by atoms with Crippen molar-refractivity contribution in [3.8, 4) is 0 Å². The number of aromatic nitrogens is 2. The largest absolute Gasteiger partial charge is 0.394 e. The van der Waals surface area contributed by atoms with Gasteiger partial charge < -0.3 is 21.3 Å². The zero-order valence-electron chi connectivity index (χ0n) is 10.4. The number of nitrogens with zero attached hydrogens (tertiary/aromatic N) is 2. The van der Waals surface area contributed by atoms with Crippen LogP contribution in [0, 0.1) is 0 Å². The van der Waals surface area contributed by atoms with E-state index < -0.39 is 54.0 Å². The number of ether oxygens (including phenoxy) is 1. The Balaban J connectivity index is 2.54. The van der Waals surface area contributed by atoms with Crippen LogP contribution < -0.4 is 17.2 Å². The lowest BCUT2D eigenvalue weighted by molar-refractivity contribution is -0.130. The van der Waals surface area contributed by atoms with E-state index in [1.807, 2.05) is 0 Å². The van der Waals surface area contributed by atoms with E-state index in [0.29, 0.717) is 6.20 Å². The van der Waals surface area contributed by atoms with E-state index in [9.17, 15) is 22.8 Å². The van der Waals surface area contributed by atoms with Gasteiger partial charge in [-0.1, -0.05) is 0 Å². The molecule has 0 saturated carbocycles. The van der Waals surface area contributed by atoms with Crippen LogP contribution in [0.3, 0.4) is 0 Å². The first-order valence-electron chi connectivity index (χ1n) is 5.66. The van der Waals surface area contributed by atoms with E-state index in [0.717, 1.165) is 0 Å². The van der Waals surface area contributed by atoms with E-state index in [2.05, 4.69) is 9.72 Å². The monoisotopic (exact) mass is 308 g/mol. The SMILES string of the molecule is NC(=O)c1cn(C2OC(CO)C(F)C2(F)F)c(=O)nc1N. The van der Waals surface area contributed by atoms with Gasteiger partial charge in [-0.3, -0.25) is 9.36 Å². The molecule has 0 spiro atoms. The third-order valence-electron chi connectivity index (χ3n) is 3.01. The predicted octanol–water partition coefficient (Wildman–Crippen LogP) is -1.21. The summed E-state index contributed by atoms with van der Waals surface area (Å²) in [6.45, 7) is -1.01. The highest BCUT2D eigenvalue weighted by molar-refractivity contribution is 5.96. The molecule has 1 aromatic heterocycles. The summed E-state index contributed by atoms with van der Waals surface area (Å²) in [5, 5.41) is 8.79. The molecular formula is C10H11F3N4O4. The number of halogens is 3. The smallest absolute Gasteiger partial charge is 0.351 e. The number of primary amides is 1. The standard InChI is InChI=1S/C10H11F3N4O4/c11-5-4(2-18)21-8(10(5,12)13)17-1-3(7(15)19)6(14)16-9(17)20/h1,4-5,8,18H,2H2,(H2,15,19)(H2,14,16,20). The number of hydrogen-bond donors (Lipinski definition) is 3. The molecule has 2 rings (SSSR count). The van der Waals surface area contributed by atoms with Crippen molar-refractivity contribution in [2.24, 2.45) is 5.73 Å². The van der Waals surface area contributed by atoms with Gasteiger partial charge in [0.1, 0.15) is 11.9 Å². The molecule has 116 valence electrons. The number of hydrogen-bond acceptors (Lipinski definition) is 6. The van der Waals surface area contributed by atoms with Crippen LogP contribution in [0.25, 0.3) is 0 Å². The molecule has 5 N–H and O–H groups in total. The molecule has 1 amide bonds. The molecule has 3 unspecified atom stereocenters. The molecule has 0 aromatic carbocycles. The van der Waals surface area contributed by atoms with Gasteiger partial charge in [-0.15, -0.1) is 0 Å². The van der Waals surface area contributed by atoms with Crippen LogP contribution in [0.2, 0.25) is 0 Å². The summed E-state index contributed by atoms with van der Waals surface area (Å²) in [6.07, 6.45) is -6.39. The Labute approximate surface area is 115 Å². The van der Waals surface area contributed by atoms with Gasteiger partial charge >= 0.3 is 11.6 Å². The fourth-order valence-electron chi connectivity index (χ4n) is 1.94. The first-order valence-corrected chi connectivity index (χ1v) is 5.66. The van der Waals surface area contributed by atoms with E-state index in [-0.39, 0.29) is 4.57 Å². The van der Waals surface area contributed by atoms with Crippen molar-refractivity contribution in [1.82, 2.24) is 9.55 Å². The van der Waals surface area contributed by atoms with Gasteiger partial charge in [0.25, 0.3) is 5.91 Å². The number of amides is 1. The summed E-state index contributed by atoms with van der Waals surface area (Å²) in [6, 6.07) is 0. The van der Waals surface area contributed by atoms with Gasteiger partial charge in [0.15, 0.2) is 6.17 Å². The van der Waals surface area contributed by atoms with E-state index in [1.54, 1.807) is 0 Å². The quantitative estimate of drug-likeness (QED) is 0.641. The van der Waals surface area contributed by atoms with Crippen LogP contribution in [0.4, 0.5) is 19.0 Å². The highest BCUT2D eigenvalue weighted by atomic mass is 19.3. The summed E-state index contributed by atoms with van der Waals surface area (Å²) in [4.78, 5) is 25.9. The molecule has 0 bridgehead atoms. The van der Waals surface area contributed by atoms with Gasteiger partial charge in [-0.2, -0.15) is 13.8 Å². The summed E-state index contributed by atoms with van der Waals surface area (Å²) < 4.78 is 45.9. The van der Waals surface area contributed by atoms with Gasteiger partial charge in [0.05, 0.1) is 12.2 Å². The van der Waals surface area contributed by atoms with E-state index in [4.69, 9.17) is 16.6 Å². The van der Waals surface area contributed by atoms with Crippen molar-refractivity contribution in [3.05, 3.63) is 22.2 Å². The molecule has 2 heterocycles. The fraction of sp³-hybridized carbons (Fsp3) is 0.500. The Kier molecular flexibility index (Phi) is 3.63. The Hall–Kier alpha value is -2.14. The summed E-state index contributed by atoms with van der Waals surface area (Å²) >= 11 is 0. The van der Waals surface area contributed by atoms with Crippen LogP contribution in [-0.4, -0.2) is 45.4 Å². The van der Waals surface area contributed by atoms with Crippen molar-refractivity contribution in [3.63, 3.8) is 0 Å². The maximum atomic E-state index is 13.8. The molecule has 1 fully saturated rings. The second-order valence-corrected chi connectivity index (χ2v) is 4.38. The molecule has 3 atom stereocenters. The molecule has 8 nitrogen and oxygen atoms in total. The number of alkyl halides is 3. The van der Waals surface area contributed by atoms with Gasteiger partial charge in [0, 0.05) is 6.20 Å². The van der Waals surface area contributed by atoms with Crippen LogP contribution in [0.5, 0.6) is 0 Å².